The predicted molar refractivity (Wildman–Crippen MR) is 47.9 cm³/mol. The van der Waals surface area contributed by atoms with E-state index in [9.17, 15) is 4.79 Å². The number of carbonyl (C=O) groups excluding carboxylic acids is 1. The summed E-state index contributed by atoms with van der Waals surface area (Å²) in [4.78, 5) is 18.9. The van der Waals surface area contributed by atoms with E-state index in [0.29, 0.717) is 12.0 Å². The van der Waals surface area contributed by atoms with E-state index in [0.717, 1.165) is 6.29 Å². The number of carbonyl (C=O) groups is 2. The maximum absolute atomic E-state index is 10.1. The molecular weight excluding hydrogens is 156 g/mol. The van der Waals surface area contributed by atoms with E-state index in [1.807, 2.05) is 6.08 Å². The summed E-state index contributed by atoms with van der Waals surface area (Å²) in [5.41, 5.74) is 0.477. The Morgan fingerprint density at radius 3 is 2.33 bits per heavy atom. The third-order valence-corrected chi connectivity index (χ3v) is 1.05. The quantitative estimate of drug-likeness (QED) is 0.610. The second-order valence-electron chi connectivity index (χ2n) is 1.87. The summed E-state index contributed by atoms with van der Waals surface area (Å²) < 4.78 is 0. The van der Waals surface area contributed by atoms with Crippen LogP contribution in [-0.4, -0.2) is 17.4 Å². The largest absolute Gasteiger partial charge is 0.478 e. The van der Waals surface area contributed by atoms with Gasteiger partial charge in [-0.25, -0.2) is 4.79 Å². The van der Waals surface area contributed by atoms with E-state index in [-0.39, 0.29) is 7.43 Å². The van der Waals surface area contributed by atoms with E-state index < -0.39 is 5.97 Å². The van der Waals surface area contributed by atoms with Crippen LogP contribution in [0, 0.1) is 0 Å². The number of carboxylic acid groups (broad SMARTS) is 1. The van der Waals surface area contributed by atoms with Gasteiger partial charge in [-0.1, -0.05) is 25.7 Å². The number of carboxylic acids is 1. The normalized spacial score (nSPS) is 11.9. The molecule has 1 aliphatic carbocycles. The Bertz CT molecular complexity index is 202. The van der Waals surface area contributed by atoms with Crippen molar-refractivity contribution in [2.45, 2.75) is 20.8 Å². The molecular formula is C9H14O3. The molecule has 1 N–H and O–H groups in total. The maximum atomic E-state index is 10.1. The molecule has 0 aromatic heterocycles. The van der Waals surface area contributed by atoms with Gasteiger partial charge in [-0.2, -0.15) is 0 Å². The van der Waals surface area contributed by atoms with E-state index in [1.54, 1.807) is 12.2 Å². The highest BCUT2D eigenvalue weighted by Gasteiger charge is 2.05. The van der Waals surface area contributed by atoms with Gasteiger partial charge < -0.3 is 9.90 Å². The molecule has 3 heteroatoms. The lowest BCUT2D eigenvalue weighted by atomic mass is 10.2. The van der Waals surface area contributed by atoms with Crippen molar-refractivity contribution in [3.05, 3.63) is 23.8 Å². The molecule has 0 saturated heterocycles. The van der Waals surface area contributed by atoms with Gasteiger partial charge in [0.25, 0.3) is 0 Å². The van der Waals surface area contributed by atoms with Gasteiger partial charge in [-0.3, -0.25) is 0 Å². The second-order valence-corrected chi connectivity index (χ2v) is 1.87. The van der Waals surface area contributed by atoms with Crippen LogP contribution in [0.3, 0.4) is 0 Å². The number of aldehydes is 1. The lowest BCUT2D eigenvalue weighted by Crippen LogP contribution is -1.96. The number of hydrogen-bond donors (Lipinski definition) is 1. The SMILES string of the molecule is C.CC=O.O=C(O)C1=CC=CC1. The number of allylic oxidation sites excluding steroid dienone is 3. The van der Waals surface area contributed by atoms with Gasteiger partial charge in [0.1, 0.15) is 6.29 Å². The van der Waals surface area contributed by atoms with Crippen molar-refractivity contribution in [1.82, 2.24) is 0 Å². The molecule has 0 aliphatic heterocycles. The van der Waals surface area contributed by atoms with Crippen LogP contribution in [0.25, 0.3) is 0 Å². The Morgan fingerprint density at radius 1 is 1.67 bits per heavy atom. The van der Waals surface area contributed by atoms with Crippen LogP contribution in [-0.2, 0) is 9.59 Å². The van der Waals surface area contributed by atoms with Crippen molar-refractivity contribution in [3.63, 3.8) is 0 Å². The molecule has 0 atom stereocenters. The van der Waals surface area contributed by atoms with E-state index in [2.05, 4.69) is 0 Å². The standard InChI is InChI=1S/C6H6O2.C2H4O.CH4/c7-6(8)5-3-1-2-4-5;1-2-3;/h1-3H,4H2,(H,7,8);2H,1H3;1H4. The van der Waals surface area contributed by atoms with Gasteiger partial charge >= 0.3 is 5.97 Å². The number of rotatable bonds is 1. The Labute approximate surface area is 72.4 Å². The fraction of sp³-hybridized carbons (Fsp3) is 0.333. The minimum Gasteiger partial charge on any atom is -0.478 e. The first-order chi connectivity index (χ1) is 5.22. The third-order valence-electron chi connectivity index (χ3n) is 1.05. The van der Waals surface area contributed by atoms with Gasteiger partial charge in [0.2, 0.25) is 0 Å². The van der Waals surface area contributed by atoms with Crippen LogP contribution in [0.4, 0.5) is 0 Å². The molecule has 0 amide bonds. The lowest BCUT2D eigenvalue weighted by molar-refractivity contribution is -0.132. The van der Waals surface area contributed by atoms with Crippen LogP contribution in [0.1, 0.15) is 20.8 Å². The summed E-state index contributed by atoms with van der Waals surface area (Å²) in [5.74, 6) is -0.810. The number of aliphatic carboxylic acids is 1. The summed E-state index contributed by atoms with van der Waals surface area (Å²) in [6.45, 7) is 1.44. The second kappa shape index (κ2) is 7.72. The Morgan fingerprint density at radius 2 is 2.17 bits per heavy atom. The van der Waals surface area contributed by atoms with Gasteiger partial charge in [0.05, 0.1) is 0 Å². The molecule has 1 rings (SSSR count). The zero-order valence-corrected chi connectivity index (χ0v) is 6.28. The fourth-order valence-corrected chi connectivity index (χ4v) is 0.606. The first-order valence-electron chi connectivity index (χ1n) is 3.21. The first-order valence-corrected chi connectivity index (χ1v) is 3.21. The molecule has 0 radical (unpaired) electrons. The predicted octanol–water partition coefficient (Wildman–Crippen LogP) is 1.80. The molecule has 0 aromatic carbocycles. The van der Waals surface area contributed by atoms with Crippen molar-refractivity contribution < 1.29 is 14.7 Å². The Balaban J connectivity index is 0. The van der Waals surface area contributed by atoms with Crippen molar-refractivity contribution >= 4 is 12.3 Å². The fourth-order valence-electron chi connectivity index (χ4n) is 0.606. The van der Waals surface area contributed by atoms with Crippen molar-refractivity contribution in [1.29, 1.82) is 0 Å². The van der Waals surface area contributed by atoms with Crippen LogP contribution in [0.5, 0.6) is 0 Å². The molecule has 0 heterocycles. The zero-order chi connectivity index (χ0) is 8.69. The summed E-state index contributed by atoms with van der Waals surface area (Å²) >= 11 is 0. The van der Waals surface area contributed by atoms with Crippen molar-refractivity contribution in [3.8, 4) is 0 Å². The van der Waals surface area contributed by atoms with Crippen LogP contribution in [0.15, 0.2) is 23.8 Å². The average Bonchev–Trinajstić information content (AvgIpc) is 2.38. The monoisotopic (exact) mass is 170 g/mol. The molecule has 1 aliphatic rings. The van der Waals surface area contributed by atoms with Gasteiger partial charge in [0.15, 0.2) is 0 Å². The van der Waals surface area contributed by atoms with Gasteiger partial charge in [-0.15, -0.1) is 0 Å². The average molecular weight is 170 g/mol. The maximum Gasteiger partial charge on any atom is 0.331 e. The van der Waals surface area contributed by atoms with E-state index in [1.165, 1.54) is 6.92 Å². The summed E-state index contributed by atoms with van der Waals surface area (Å²) in [6.07, 6.45) is 6.52. The van der Waals surface area contributed by atoms with E-state index >= 15 is 0 Å². The van der Waals surface area contributed by atoms with Crippen molar-refractivity contribution in [2.24, 2.45) is 0 Å². The smallest absolute Gasteiger partial charge is 0.331 e. The van der Waals surface area contributed by atoms with Crippen molar-refractivity contribution in [2.75, 3.05) is 0 Å². The molecule has 0 unspecified atom stereocenters. The molecule has 0 saturated carbocycles. The minimum atomic E-state index is -0.810. The summed E-state index contributed by atoms with van der Waals surface area (Å²) in [7, 11) is 0. The van der Waals surface area contributed by atoms with Gasteiger partial charge in [-0.05, 0) is 13.3 Å². The Hall–Kier alpha value is -1.38. The highest BCUT2D eigenvalue weighted by atomic mass is 16.4. The highest BCUT2D eigenvalue weighted by molar-refractivity contribution is 5.88. The lowest BCUT2D eigenvalue weighted by Gasteiger charge is -1.87. The third kappa shape index (κ3) is 5.41. The first kappa shape index (κ1) is 13.2. The van der Waals surface area contributed by atoms with Crippen LogP contribution in [0.2, 0.25) is 0 Å². The molecule has 68 valence electrons. The molecule has 0 fully saturated rings. The van der Waals surface area contributed by atoms with Crippen LogP contribution >= 0.6 is 0 Å². The summed E-state index contributed by atoms with van der Waals surface area (Å²) in [5, 5.41) is 8.30. The molecule has 0 aromatic rings. The molecule has 0 spiro atoms. The van der Waals surface area contributed by atoms with Crippen LogP contribution < -0.4 is 0 Å². The number of hydrogen-bond acceptors (Lipinski definition) is 2. The topological polar surface area (TPSA) is 54.4 Å². The Kier molecular flexibility index (Phi) is 8.51. The van der Waals surface area contributed by atoms with E-state index in [4.69, 9.17) is 9.90 Å². The molecule has 0 bridgehead atoms. The molecule has 12 heavy (non-hydrogen) atoms. The highest BCUT2D eigenvalue weighted by Crippen LogP contribution is 2.08. The van der Waals surface area contributed by atoms with Gasteiger partial charge in [0, 0.05) is 5.57 Å². The summed E-state index contributed by atoms with van der Waals surface area (Å²) in [6, 6.07) is 0. The zero-order valence-electron chi connectivity index (χ0n) is 6.28. The molecule has 3 nitrogen and oxygen atoms in total. The minimum absolute atomic E-state index is 0.